The molecule has 0 bridgehead atoms. The van der Waals surface area contributed by atoms with Gasteiger partial charge in [-0.15, -0.1) is 11.3 Å². The topological polar surface area (TPSA) is 247 Å². The second-order valence-corrected chi connectivity index (χ2v) is 22.8. The number of aliphatic hydroxyl groups excluding tert-OH is 1. The van der Waals surface area contributed by atoms with Gasteiger partial charge in [-0.1, -0.05) is 13.8 Å². The number of aromatic nitrogens is 5. The number of carbonyl (C=O) groups excluding carboxylic acids is 3. The average Bonchev–Trinajstić information content (AvgIpc) is 4.24. The van der Waals surface area contributed by atoms with E-state index >= 15 is 4.39 Å². The van der Waals surface area contributed by atoms with Crippen LogP contribution in [0.15, 0.2) is 81.9 Å². The number of ether oxygens (including phenoxy) is 1. The Bertz CT molecular complexity index is 3560. The van der Waals surface area contributed by atoms with Gasteiger partial charge in [0.2, 0.25) is 5.91 Å². The van der Waals surface area contributed by atoms with E-state index in [0.717, 1.165) is 28.6 Å². The Morgan fingerprint density at radius 1 is 1.07 bits per heavy atom. The monoisotopic (exact) mass is 1080 g/mol. The number of nitrogens with one attached hydrogen (secondary N) is 3. The van der Waals surface area contributed by atoms with Crippen molar-refractivity contribution in [1.29, 1.82) is 0 Å². The molecule has 2 fully saturated rings. The number of aromatic amines is 1. The van der Waals surface area contributed by atoms with E-state index in [1.807, 2.05) is 32.9 Å². The molecule has 7 aromatic rings. The van der Waals surface area contributed by atoms with Crippen LogP contribution in [0.5, 0.6) is 11.6 Å². The third-order valence-electron chi connectivity index (χ3n) is 13.9. The maximum atomic E-state index is 15.7. The largest absolute Gasteiger partial charge is 0.474 e. The molecular weight excluding hydrogens is 1030 g/mol. The van der Waals surface area contributed by atoms with E-state index in [9.17, 15) is 37.1 Å². The van der Waals surface area contributed by atoms with E-state index in [1.54, 1.807) is 43.2 Å². The highest BCUT2D eigenvalue weighted by Crippen LogP contribution is 2.45. The van der Waals surface area contributed by atoms with E-state index in [0.29, 0.717) is 59.9 Å². The summed E-state index contributed by atoms with van der Waals surface area (Å²) >= 11 is 1.52. The molecule has 2 aromatic carbocycles. The molecule has 0 saturated carbocycles. The smallest absolute Gasteiger partial charge is 0.275 e. The second-order valence-electron chi connectivity index (χ2n) is 19.8. The number of hydrogen-bond donors (Lipinski definition) is 4. The molecule has 8 heterocycles. The molecule has 0 spiro atoms. The van der Waals surface area contributed by atoms with E-state index in [1.165, 1.54) is 37.8 Å². The summed E-state index contributed by atoms with van der Waals surface area (Å²) in [5.74, 6) is -4.64. The summed E-state index contributed by atoms with van der Waals surface area (Å²) < 4.78 is 68.7. The summed E-state index contributed by atoms with van der Waals surface area (Å²) in [6.07, 6.45) is 4.78. The van der Waals surface area contributed by atoms with Crippen LogP contribution in [0.2, 0.25) is 0 Å². The Kier molecular flexibility index (Phi) is 14.3. The highest BCUT2D eigenvalue weighted by molar-refractivity contribution is 7.89. The van der Waals surface area contributed by atoms with Gasteiger partial charge in [0.1, 0.15) is 29.9 Å². The van der Waals surface area contributed by atoms with Crippen LogP contribution in [0.4, 0.5) is 20.3 Å². The molecule has 2 saturated heterocycles. The lowest BCUT2D eigenvalue weighted by Gasteiger charge is -2.28. The van der Waals surface area contributed by atoms with Gasteiger partial charge in [0.15, 0.2) is 33.0 Å². The van der Waals surface area contributed by atoms with Gasteiger partial charge in [0.25, 0.3) is 23.3 Å². The van der Waals surface area contributed by atoms with Gasteiger partial charge in [0, 0.05) is 98.5 Å². The van der Waals surface area contributed by atoms with Gasteiger partial charge in [-0.2, -0.15) is 5.48 Å². The minimum atomic E-state index is -3.72. The lowest BCUT2D eigenvalue weighted by molar-refractivity contribution is -0.143. The Labute approximate surface area is 438 Å². The molecule has 5 aromatic heterocycles. The first kappa shape index (κ1) is 51.9. The molecule has 4 N–H and O–H groups in total. The van der Waals surface area contributed by atoms with Crippen molar-refractivity contribution in [3.63, 3.8) is 0 Å². The third kappa shape index (κ3) is 10.5. The maximum absolute atomic E-state index is 15.7. The van der Waals surface area contributed by atoms with Crippen LogP contribution in [-0.4, -0.2) is 123 Å². The van der Waals surface area contributed by atoms with Crippen LogP contribution >= 0.6 is 11.3 Å². The number of sulfone groups is 1. The Hall–Kier alpha value is -7.54. The number of hydroxylamine groups is 1. The van der Waals surface area contributed by atoms with Gasteiger partial charge in [0.05, 0.1) is 46.4 Å². The zero-order valence-corrected chi connectivity index (χ0v) is 43.6. The van der Waals surface area contributed by atoms with Gasteiger partial charge in [-0.3, -0.25) is 24.1 Å². The average molecular weight is 1080 g/mol. The minimum Gasteiger partial charge on any atom is -0.474 e. The van der Waals surface area contributed by atoms with E-state index < -0.39 is 63.0 Å². The number of halogens is 2. The number of aliphatic hydroxyl groups is 1. The number of H-pyrrole nitrogens is 1. The Morgan fingerprint density at radius 3 is 2.58 bits per heavy atom. The van der Waals surface area contributed by atoms with Gasteiger partial charge >= 0.3 is 0 Å². The fourth-order valence-electron chi connectivity index (χ4n) is 10.3. The predicted octanol–water partition coefficient (Wildman–Crippen LogP) is 5.52. The maximum Gasteiger partial charge on any atom is 0.275 e. The van der Waals surface area contributed by atoms with Crippen LogP contribution in [0.1, 0.15) is 65.5 Å². The minimum absolute atomic E-state index is 0.00902. The zero-order chi connectivity index (χ0) is 53.7. The second kappa shape index (κ2) is 20.9. The molecule has 3 aliphatic rings. The number of thiazole rings is 1. The zero-order valence-electron chi connectivity index (χ0n) is 42.0. The fourth-order valence-corrected chi connectivity index (χ4v) is 11.9. The van der Waals surface area contributed by atoms with Crippen molar-refractivity contribution in [2.75, 3.05) is 43.9 Å². The molecule has 76 heavy (non-hydrogen) atoms. The van der Waals surface area contributed by atoms with Gasteiger partial charge < -0.3 is 43.9 Å². The molecule has 3 aliphatic heterocycles. The molecule has 24 heteroatoms. The van der Waals surface area contributed by atoms with Crippen molar-refractivity contribution in [2.24, 2.45) is 13.0 Å². The Balaban J connectivity index is 0.789. The Morgan fingerprint density at radius 2 is 1.86 bits per heavy atom. The number of pyridine rings is 2. The summed E-state index contributed by atoms with van der Waals surface area (Å²) in [5, 5.41) is 18.3. The van der Waals surface area contributed by atoms with Crippen LogP contribution in [0.25, 0.3) is 32.5 Å². The van der Waals surface area contributed by atoms with Crippen LogP contribution in [-0.2, 0) is 38.8 Å². The molecule has 3 amide bonds. The number of likely N-dealkylation sites (tertiary alicyclic amines) is 2. The number of anilines is 2. The van der Waals surface area contributed by atoms with Crippen molar-refractivity contribution in [2.45, 2.75) is 70.0 Å². The standard InChI is InChI=1S/C52H54F2N10O10S2/c1-27(2)44(51(68)64-23-34(65)16-41(64)50(67)60-73-35-8-6-29(7-9-35)47-28(3)57-26-75-47)42-18-43(59-74-42)72-13-12-62-11-10-33(22-62)58-49(66)36-17-40-37(14-30(36)25-76(5,70)71)38-24-61(4)52(69)46-45(38)31(19-55-46)21-63(40)48-39(54)15-32(53)20-56-48/h6-9,14-15,17-20,24,26-27,33-34,41,44,55,65H,10-13,16,21-23,25H2,1-5H3,(H,58,66)(H,60,67)/t33?,34-,41+,44?/m1/s1. The van der Waals surface area contributed by atoms with Crippen molar-refractivity contribution in [3.8, 4) is 33.2 Å². The highest BCUT2D eigenvalue weighted by Gasteiger charge is 2.44. The van der Waals surface area contributed by atoms with Gasteiger partial charge in [-0.25, -0.2) is 27.2 Å². The normalized spacial score (nSPS) is 18.0. The van der Waals surface area contributed by atoms with Crippen LogP contribution in [0.3, 0.4) is 0 Å². The number of amides is 3. The van der Waals surface area contributed by atoms with Crippen molar-refractivity contribution < 1.29 is 50.8 Å². The number of β-amino-alcohol motifs (C(OH)–C–C–N with tert-alkyl or cyclic N) is 1. The summed E-state index contributed by atoms with van der Waals surface area (Å²) in [5.41, 5.74) is 8.06. The van der Waals surface area contributed by atoms with Crippen LogP contribution in [0, 0.1) is 24.5 Å². The number of carbonyl (C=O) groups is 3. The van der Waals surface area contributed by atoms with Gasteiger partial charge in [-0.05, 0) is 77.5 Å². The van der Waals surface area contributed by atoms with Crippen molar-refractivity contribution in [3.05, 3.63) is 123 Å². The first-order chi connectivity index (χ1) is 36.3. The summed E-state index contributed by atoms with van der Waals surface area (Å²) in [6, 6.07) is 11.1. The highest BCUT2D eigenvalue weighted by atomic mass is 32.2. The first-order valence-electron chi connectivity index (χ1n) is 24.5. The third-order valence-corrected chi connectivity index (χ3v) is 15.7. The molecule has 0 aliphatic carbocycles. The van der Waals surface area contributed by atoms with Crippen molar-refractivity contribution >= 4 is 61.3 Å². The molecule has 0 radical (unpaired) electrons. The number of fused-ring (bicyclic) bond motifs is 2. The predicted molar refractivity (Wildman–Crippen MR) is 277 cm³/mol. The number of nitrogens with zero attached hydrogens (tertiary/aromatic N) is 7. The number of rotatable bonds is 16. The lowest BCUT2D eigenvalue weighted by atomic mass is 9.91. The number of benzene rings is 2. The molecule has 2 unspecified atom stereocenters. The first-order valence-corrected chi connectivity index (χ1v) is 27.5. The summed E-state index contributed by atoms with van der Waals surface area (Å²) in [7, 11) is -2.15. The summed E-state index contributed by atoms with van der Waals surface area (Å²) in [4.78, 5) is 78.2. The van der Waals surface area contributed by atoms with E-state index in [2.05, 4.69) is 35.8 Å². The van der Waals surface area contributed by atoms with Crippen molar-refractivity contribution in [1.82, 2.24) is 45.3 Å². The lowest BCUT2D eigenvalue weighted by Crippen LogP contribution is -2.48. The van der Waals surface area contributed by atoms with Crippen LogP contribution < -0.4 is 30.8 Å². The number of hydrogen-bond acceptors (Lipinski definition) is 16. The molecule has 20 nitrogen and oxygen atoms in total. The quantitative estimate of drug-likeness (QED) is 0.0871. The molecule has 398 valence electrons. The summed E-state index contributed by atoms with van der Waals surface area (Å²) in [6.45, 7) is 7.06. The molecule has 10 rings (SSSR count). The molecule has 4 atom stereocenters. The molecular formula is C52H54F2N10O10S2. The SMILES string of the molecule is Cc1ncsc1-c1ccc(ONC(=O)[C@@H]2C[C@@H](O)CN2C(=O)C(c2cc(OCCN3CCC(NC(=O)c4cc5c(cc4CS(C)(=O)=O)-c4cn(C)c(=O)c6[nH]cc(c46)CN5c4ncc(F)cc4F)C3)no2)C(C)C)cc1. The fraction of sp³-hybridized carbons (Fsp3) is 0.365. The number of aryl methyl sites for hydroxylation is 2. The van der Waals surface area contributed by atoms with E-state index in [4.69, 9.17) is 14.1 Å². The van der Waals surface area contributed by atoms with E-state index in [-0.39, 0.29) is 83.4 Å².